The van der Waals surface area contributed by atoms with Gasteiger partial charge in [0.1, 0.15) is 17.2 Å². The minimum absolute atomic E-state index is 0.0852. The Morgan fingerprint density at radius 2 is 1.57 bits per heavy atom. The zero-order valence-corrected chi connectivity index (χ0v) is 18.5. The predicted molar refractivity (Wildman–Crippen MR) is 126 cm³/mol. The van der Waals surface area contributed by atoms with E-state index in [1.54, 1.807) is 12.1 Å². The number of Topliss-reactive ketones (excluding diaryl/α,β-unsaturated/α-hetero) is 1. The molecule has 4 aromatic rings. The molecule has 0 bridgehead atoms. The number of benzene rings is 3. The van der Waals surface area contributed by atoms with Gasteiger partial charge < -0.3 is 19.9 Å². The molecule has 180 valence electrons. The van der Waals surface area contributed by atoms with E-state index in [1.807, 2.05) is 24.3 Å². The first-order valence-corrected chi connectivity index (χ1v) is 11.0. The standard InChI is InChI=1S/C25H20F2N2O2.CH2O3/c26-19-10-12-23-22(14-19)29-25(31-23)28-21-11-9-18(13-20(21)27)15-5-7-17(8-6-15)24(30)16-3-1-2-4-16;2-1(3)4/h5-14,16H,1-4H2,(H,28,29);(H2,2,3,4). The van der Waals surface area contributed by atoms with Crippen molar-refractivity contribution in [1.29, 1.82) is 0 Å². The van der Waals surface area contributed by atoms with Gasteiger partial charge in [-0.25, -0.2) is 13.6 Å². The van der Waals surface area contributed by atoms with Crippen LogP contribution in [-0.4, -0.2) is 27.1 Å². The number of carbonyl (C=O) groups is 2. The third kappa shape index (κ3) is 5.81. The van der Waals surface area contributed by atoms with Crippen molar-refractivity contribution in [3.63, 3.8) is 0 Å². The van der Waals surface area contributed by atoms with Crippen LogP contribution in [0.1, 0.15) is 36.0 Å². The highest BCUT2D eigenvalue weighted by molar-refractivity contribution is 5.98. The second-order valence-corrected chi connectivity index (χ2v) is 8.16. The Kier molecular flexibility index (Phi) is 7.05. The van der Waals surface area contributed by atoms with Gasteiger partial charge in [-0.2, -0.15) is 4.98 Å². The van der Waals surface area contributed by atoms with Crippen LogP contribution in [0.15, 0.2) is 65.1 Å². The molecule has 5 rings (SSSR count). The highest BCUT2D eigenvalue weighted by atomic mass is 19.1. The molecule has 7 nitrogen and oxygen atoms in total. The summed E-state index contributed by atoms with van der Waals surface area (Å²) in [6.07, 6.45) is 2.34. The average molecular weight is 480 g/mol. The number of aromatic nitrogens is 1. The average Bonchev–Trinajstić information content (AvgIpc) is 3.49. The molecule has 35 heavy (non-hydrogen) atoms. The van der Waals surface area contributed by atoms with E-state index in [4.69, 9.17) is 19.4 Å². The number of nitrogens with zero attached hydrogens (tertiary/aromatic N) is 1. The fraction of sp³-hybridized carbons (Fsp3) is 0.192. The van der Waals surface area contributed by atoms with Crippen molar-refractivity contribution in [2.24, 2.45) is 5.92 Å². The summed E-state index contributed by atoms with van der Waals surface area (Å²) < 4.78 is 33.5. The summed E-state index contributed by atoms with van der Waals surface area (Å²) in [7, 11) is 0. The maximum atomic E-state index is 14.7. The first-order valence-electron chi connectivity index (χ1n) is 11.0. The maximum Gasteiger partial charge on any atom is 0.503 e. The number of nitrogens with one attached hydrogen (secondary N) is 1. The molecule has 0 radical (unpaired) electrons. The quantitative estimate of drug-likeness (QED) is 0.261. The molecule has 1 heterocycles. The van der Waals surface area contributed by atoms with Gasteiger partial charge in [0.25, 0.3) is 6.01 Å². The van der Waals surface area contributed by atoms with E-state index in [0.29, 0.717) is 22.2 Å². The third-order valence-corrected chi connectivity index (χ3v) is 5.79. The molecule has 1 saturated carbocycles. The van der Waals surface area contributed by atoms with Gasteiger partial charge in [0.15, 0.2) is 11.4 Å². The van der Waals surface area contributed by atoms with Crippen LogP contribution in [0.25, 0.3) is 22.2 Å². The molecule has 0 aliphatic heterocycles. The summed E-state index contributed by atoms with van der Waals surface area (Å²) in [4.78, 5) is 25.2. The van der Waals surface area contributed by atoms with E-state index in [1.165, 1.54) is 24.3 Å². The van der Waals surface area contributed by atoms with Gasteiger partial charge >= 0.3 is 6.16 Å². The summed E-state index contributed by atoms with van der Waals surface area (Å²) in [5.41, 5.74) is 3.19. The molecule has 0 amide bonds. The number of halogens is 2. The Hall–Kier alpha value is -4.27. The highest BCUT2D eigenvalue weighted by Crippen LogP contribution is 2.30. The number of anilines is 2. The first kappa shape index (κ1) is 23.9. The van der Waals surface area contributed by atoms with Crippen molar-refractivity contribution >= 4 is 34.7 Å². The number of rotatable bonds is 5. The van der Waals surface area contributed by atoms with Crippen LogP contribution in [0.2, 0.25) is 0 Å². The smallest absolute Gasteiger partial charge is 0.450 e. The number of hydrogen-bond acceptors (Lipinski definition) is 5. The molecule has 1 aliphatic rings. The lowest BCUT2D eigenvalue weighted by Gasteiger charge is -2.10. The molecule has 1 aromatic heterocycles. The third-order valence-electron chi connectivity index (χ3n) is 5.79. The molecule has 1 aliphatic carbocycles. The second kappa shape index (κ2) is 10.3. The van der Waals surface area contributed by atoms with Gasteiger partial charge in [-0.1, -0.05) is 43.2 Å². The van der Waals surface area contributed by atoms with Crippen molar-refractivity contribution in [1.82, 2.24) is 4.98 Å². The maximum absolute atomic E-state index is 14.7. The predicted octanol–water partition coefficient (Wildman–Crippen LogP) is 7.11. The topological polar surface area (TPSA) is 113 Å². The van der Waals surface area contributed by atoms with Gasteiger partial charge in [-0.05, 0) is 48.2 Å². The lowest BCUT2D eigenvalue weighted by Crippen LogP contribution is -2.10. The van der Waals surface area contributed by atoms with Crippen molar-refractivity contribution in [2.75, 3.05) is 5.32 Å². The van der Waals surface area contributed by atoms with E-state index in [2.05, 4.69) is 10.3 Å². The van der Waals surface area contributed by atoms with Gasteiger partial charge in [0.2, 0.25) is 0 Å². The summed E-state index contributed by atoms with van der Waals surface area (Å²) in [6, 6.07) is 16.2. The minimum Gasteiger partial charge on any atom is -0.450 e. The molecular weight excluding hydrogens is 458 g/mol. The Morgan fingerprint density at radius 1 is 0.914 bits per heavy atom. The van der Waals surface area contributed by atoms with Crippen LogP contribution in [0.4, 0.5) is 25.3 Å². The Bertz CT molecular complexity index is 1360. The van der Waals surface area contributed by atoms with Crippen molar-refractivity contribution in [3.8, 4) is 11.1 Å². The summed E-state index contributed by atoms with van der Waals surface area (Å²) in [5, 5.41) is 16.7. The van der Waals surface area contributed by atoms with E-state index < -0.39 is 17.8 Å². The van der Waals surface area contributed by atoms with Gasteiger partial charge in [-0.3, -0.25) is 4.79 Å². The van der Waals surface area contributed by atoms with E-state index >= 15 is 0 Å². The number of carboxylic acid groups (broad SMARTS) is 2. The summed E-state index contributed by atoms with van der Waals surface area (Å²) in [6.45, 7) is 0. The van der Waals surface area contributed by atoms with Crippen LogP contribution in [0, 0.1) is 17.6 Å². The van der Waals surface area contributed by atoms with E-state index in [-0.39, 0.29) is 23.4 Å². The molecule has 0 spiro atoms. The Labute approximate surface area is 199 Å². The monoisotopic (exact) mass is 480 g/mol. The normalized spacial score (nSPS) is 13.3. The number of hydrogen-bond donors (Lipinski definition) is 3. The molecule has 1 fully saturated rings. The van der Waals surface area contributed by atoms with Crippen LogP contribution >= 0.6 is 0 Å². The molecule has 0 atom stereocenters. The van der Waals surface area contributed by atoms with Crippen molar-refractivity contribution in [2.45, 2.75) is 25.7 Å². The molecule has 0 saturated heterocycles. The Balaban J connectivity index is 0.000000672. The number of carbonyl (C=O) groups excluding carboxylic acids is 1. The summed E-state index contributed by atoms with van der Waals surface area (Å²) in [5.74, 6) is -0.555. The number of oxazole rings is 1. The van der Waals surface area contributed by atoms with Gasteiger partial charge in [-0.15, -0.1) is 0 Å². The van der Waals surface area contributed by atoms with Crippen molar-refractivity contribution in [3.05, 3.63) is 77.9 Å². The van der Waals surface area contributed by atoms with Crippen LogP contribution < -0.4 is 5.32 Å². The fourth-order valence-corrected chi connectivity index (χ4v) is 4.12. The number of ketones is 1. The summed E-state index contributed by atoms with van der Waals surface area (Å²) >= 11 is 0. The largest absolute Gasteiger partial charge is 0.503 e. The highest BCUT2D eigenvalue weighted by Gasteiger charge is 2.23. The minimum atomic E-state index is -1.83. The fourth-order valence-electron chi connectivity index (χ4n) is 4.12. The SMILES string of the molecule is O=C(O)O.O=C(c1ccc(-c2ccc(Nc3nc4cc(F)ccc4o3)c(F)c2)cc1)C1CCCC1. The molecule has 9 heteroatoms. The van der Waals surface area contributed by atoms with Crippen LogP contribution in [-0.2, 0) is 0 Å². The molecule has 0 unspecified atom stereocenters. The first-order chi connectivity index (χ1) is 16.8. The van der Waals surface area contributed by atoms with Gasteiger partial charge in [0, 0.05) is 17.5 Å². The Morgan fingerprint density at radius 3 is 2.23 bits per heavy atom. The zero-order valence-electron chi connectivity index (χ0n) is 18.5. The molecular formula is C26H22F2N2O5. The van der Waals surface area contributed by atoms with E-state index in [9.17, 15) is 13.6 Å². The second-order valence-electron chi connectivity index (χ2n) is 8.16. The zero-order chi connectivity index (χ0) is 24.9. The van der Waals surface area contributed by atoms with E-state index in [0.717, 1.165) is 31.2 Å². The van der Waals surface area contributed by atoms with Crippen LogP contribution in [0.3, 0.4) is 0 Å². The lowest BCUT2D eigenvalue weighted by molar-refractivity contribution is 0.0922. The molecule has 3 aromatic carbocycles. The number of fused-ring (bicyclic) bond motifs is 1. The van der Waals surface area contributed by atoms with Gasteiger partial charge in [0.05, 0.1) is 5.69 Å². The van der Waals surface area contributed by atoms with Crippen LogP contribution in [0.5, 0.6) is 0 Å². The molecule has 3 N–H and O–H groups in total. The lowest BCUT2D eigenvalue weighted by atomic mass is 9.94. The van der Waals surface area contributed by atoms with Crippen molar-refractivity contribution < 1.29 is 33.0 Å².